The van der Waals surface area contributed by atoms with Gasteiger partial charge in [-0.1, -0.05) is 22.9 Å². The summed E-state index contributed by atoms with van der Waals surface area (Å²) in [6, 6.07) is 7.26. The van der Waals surface area contributed by atoms with Crippen molar-refractivity contribution in [3.05, 3.63) is 57.8 Å². The second kappa shape index (κ2) is 9.95. The maximum Gasteiger partial charge on any atom is 0.335 e. The first-order chi connectivity index (χ1) is 15.2. The molecule has 1 N–H and O–H groups in total. The van der Waals surface area contributed by atoms with Crippen LogP contribution in [0.3, 0.4) is 0 Å². The van der Waals surface area contributed by atoms with Crippen LogP contribution in [0.1, 0.15) is 32.8 Å². The van der Waals surface area contributed by atoms with Crippen molar-refractivity contribution in [3.8, 4) is 11.5 Å². The van der Waals surface area contributed by atoms with E-state index in [-0.39, 0.29) is 17.4 Å². The smallest absolute Gasteiger partial charge is 0.335 e. The third-order valence-electron chi connectivity index (χ3n) is 4.75. The second-order valence-electron chi connectivity index (χ2n) is 7.02. The van der Waals surface area contributed by atoms with Gasteiger partial charge in [0.1, 0.15) is 11.4 Å². The van der Waals surface area contributed by atoms with Crippen LogP contribution < -0.4 is 19.7 Å². The average molecular weight is 505 g/mol. The van der Waals surface area contributed by atoms with Crippen LogP contribution in [0.25, 0.3) is 6.08 Å². The van der Waals surface area contributed by atoms with E-state index >= 15 is 0 Å². The molecule has 1 aliphatic rings. The minimum absolute atomic E-state index is 0.0358. The zero-order chi connectivity index (χ0) is 23.4. The van der Waals surface area contributed by atoms with E-state index in [1.165, 1.54) is 18.2 Å². The zero-order valence-electron chi connectivity index (χ0n) is 17.8. The number of rotatable bonds is 7. The van der Waals surface area contributed by atoms with Crippen molar-refractivity contribution in [1.82, 2.24) is 5.32 Å². The molecule has 168 valence electrons. The molecule has 0 saturated carbocycles. The Kier molecular flexibility index (Phi) is 7.29. The van der Waals surface area contributed by atoms with Gasteiger partial charge in [-0.15, -0.1) is 0 Å². The molecule has 0 spiro atoms. The van der Waals surface area contributed by atoms with Crippen molar-refractivity contribution < 1.29 is 28.2 Å². The molecule has 4 amide bonds. The predicted octanol–water partition coefficient (Wildman–Crippen LogP) is 4.83. The summed E-state index contributed by atoms with van der Waals surface area (Å²) in [7, 11) is 0. The molecular weight excluding hydrogens is 483 g/mol. The molecule has 32 heavy (non-hydrogen) atoms. The Bertz CT molecular complexity index is 1080. The average Bonchev–Trinajstić information content (AvgIpc) is 2.75. The van der Waals surface area contributed by atoms with Gasteiger partial charge in [0.15, 0.2) is 11.5 Å². The first-order valence-electron chi connectivity index (χ1n) is 10.0. The molecule has 2 aromatic carbocycles. The van der Waals surface area contributed by atoms with Crippen molar-refractivity contribution >= 4 is 45.5 Å². The molecule has 1 heterocycles. The number of hydrogen-bond donors (Lipinski definition) is 1. The molecule has 0 aliphatic carbocycles. The largest absolute Gasteiger partial charge is 0.490 e. The summed E-state index contributed by atoms with van der Waals surface area (Å²) in [4.78, 5) is 38.5. The number of benzene rings is 2. The van der Waals surface area contributed by atoms with Crippen LogP contribution in [0.2, 0.25) is 0 Å². The van der Waals surface area contributed by atoms with Crippen molar-refractivity contribution in [3.63, 3.8) is 0 Å². The Hall–Kier alpha value is -3.20. The topological polar surface area (TPSA) is 84.9 Å². The molecule has 2 aromatic rings. The van der Waals surface area contributed by atoms with Crippen molar-refractivity contribution in [1.29, 1.82) is 0 Å². The van der Waals surface area contributed by atoms with Gasteiger partial charge in [0.05, 0.1) is 18.4 Å². The minimum atomic E-state index is -0.907. The third kappa shape index (κ3) is 4.99. The normalized spacial score (nSPS) is 16.2. The first-order valence-corrected chi connectivity index (χ1v) is 10.8. The molecular formula is C23H22BrFN2O5. The van der Waals surface area contributed by atoms with E-state index in [1.54, 1.807) is 12.1 Å². The first kappa shape index (κ1) is 23.5. The molecule has 0 bridgehead atoms. The number of halogens is 2. The van der Waals surface area contributed by atoms with E-state index in [9.17, 15) is 18.8 Å². The summed E-state index contributed by atoms with van der Waals surface area (Å²) in [5.41, 5.74) is 0.364. The monoisotopic (exact) mass is 504 g/mol. The van der Waals surface area contributed by atoms with Gasteiger partial charge in [-0.05, 0) is 68.3 Å². The van der Waals surface area contributed by atoms with Gasteiger partial charge < -0.3 is 9.47 Å². The van der Waals surface area contributed by atoms with E-state index in [2.05, 4.69) is 21.2 Å². The van der Waals surface area contributed by atoms with Crippen LogP contribution in [-0.4, -0.2) is 30.6 Å². The molecule has 1 aliphatic heterocycles. The van der Waals surface area contributed by atoms with Crippen LogP contribution in [0.15, 0.2) is 46.4 Å². The second-order valence-corrected chi connectivity index (χ2v) is 7.88. The Morgan fingerprint density at radius 2 is 1.81 bits per heavy atom. The van der Waals surface area contributed by atoms with E-state index in [1.807, 2.05) is 20.8 Å². The molecule has 7 nitrogen and oxygen atoms in total. The van der Waals surface area contributed by atoms with Crippen LogP contribution in [0, 0.1) is 5.82 Å². The lowest BCUT2D eigenvalue weighted by atomic mass is 10.1. The molecule has 1 atom stereocenters. The summed E-state index contributed by atoms with van der Waals surface area (Å²) in [6.45, 7) is 6.16. The summed E-state index contributed by atoms with van der Waals surface area (Å²) >= 11 is 3.45. The highest BCUT2D eigenvalue weighted by Gasteiger charge is 2.37. The number of urea groups is 1. The summed E-state index contributed by atoms with van der Waals surface area (Å²) in [6.07, 6.45) is 2.13. The van der Waals surface area contributed by atoms with Gasteiger partial charge >= 0.3 is 6.03 Å². The quantitative estimate of drug-likeness (QED) is 0.431. The number of carbonyl (C=O) groups excluding carboxylic acids is 3. The molecule has 0 radical (unpaired) electrons. The fourth-order valence-electron chi connectivity index (χ4n) is 2.96. The number of nitrogens with zero attached hydrogens (tertiary/aromatic N) is 1. The number of carbonyl (C=O) groups is 3. The molecule has 0 unspecified atom stereocenters. The Morgan fingerprint density at radius 3 is 2.44 bits per heavy atom. The maximum atomic E-state index is 13.3. The van der Waals surface area contributed by atoms with Gasteiger partial charge in [-0.25, -0.2) is 14.1 Å². The van der Waals surface area contributed by atoms with E-state index < -0.39 is 23.7 Å². The fraction of sp³-hybridized carbons (Fsp3) is 0.261. The van der Waals surface area contributed by atoms with Gasteiger partial charge in [-0.3, -0.25) is 14.9 Å². The highest BCUT2D eigenvalue weighted by atomic mass is 79.9. The van der Waals surface area contributed by atoms with E-state index in [0.717, 1.165) is 23.5 Å². The predicted molar refractivity (Wildman–Crippen MR) is 121 cm³/mol. The Morgan fingerprint density at radius 1 is 1.12 bits per heavy atom. The number of barbiturate groups is 1. The van der Waals surface area contributed by atoms with Gasteiger partial charge in [0.2, 0.25) is 0 Å². The van der Waals surface area contributed by atoms with E-state index in [0.29, 0.717) is 28.1 Å². The number of nitrogens with one attached hydrogen (secondary N) is 1. The van der Waals surface area contributed by atoms with Gasteiger partial charge in [0, 0.05) is 4.47 Å². The highest BCUT2D eigenvalue weighted by Crippen LogP contribution is 2.36. The van der Waals surface area contributed by atoms with Crippen molar-refractivity contribution in [2.24, 2.45) is 0 Å². The lowest BCUT2D eigenvalue weighted by Gasteiger charge is -2.26. The summed E-state index contributed by atoms with van der Waals surface area (Å²) < 4.78 is 25.4. The number of hydrogen-bond acceptors (Lipinski definition) is 5. The molecule has 1 fully saturated rings. The fourth-order valence-corrected chi connectivity index (χ4v) is 3.40. The number of anilines is 1. The molecule has 1 saturated heterocycles. The molecule has 0 aromatic heterocycles. The lowest BCUT2D eigenvalue weighted by molar-refractivity contribution is -0.122. The van der Waals surface area contributed by atoms with Crippen LogP contribution in [-0.2, 0) is 9.59 Å². The van der Waals surface area contributed by atoms with Gasteiger partial charge in [-0.2, -0.15) is 0 Å². The lowest BCUT2D eigenvalue weighted by Crippen LogP contribution is -2.54. The molecule has 9 heteroatoms. The SMILES string of the molecule is CCOc1cc(/C=C2\C(=O)NC(=O)N(c3ccc(F)cc3)C2=O)c(Br)cc1O[C@@H](C)CC. The zero-order valence-corrected chi connectivity index (χ0v) is 19.4. The Balaban J connectivity index is 2.02. The standard InChI is InChI=1S/C23H22BrFN2O5/c1-4-13(3)32-20-12-18(24)14(11-19(20)31-5-2)10-17-21(28)26-23(30)27(22(17)29)16-8-6-15(25)7-9-16/h6-13H,4-5H2,1-3H3,(H,26,28,30)/b17-10+/t13-/m0/s1. The summed E-state index contributed by atoms with van der Waals surface area (Å²) in [5.74, 6) is -1.19. The minimum Gasteiger partial charge on any atom is -0.490 e. The number of imide groups is 2. The maximum absolute atomic E-state index is 13.3. The van der Waals surface area contributed by atoms with Crippen LogP contribution in [0.4, 0.5) is 14.9 Å². The Labute approximate surface area is 193 Å². The number of amides is 4. The van der Waals surface area contributed by atoms with Crippen molar-refractivity contribution in [2.45, 2.75) is 33.3 Å². The van der Waals surface area contributed by atoms with Gasteiger partial charge in [0.25, 0.3) is 11.8 Å². The van der Waals surface area contributed by atoms with E-state index in [4.69, 9.17) is 9.47 Å². The third-order valence-corrected chi connectivity index (χ3v) is 5.44. The van der Waals surface area contributed by atoms with Crippen LogP contribution in [0.5, 0.6) is 11.5 Å². The van der Waals surface area contributed by atoms with Crippen molar-refractivity contribution in [2.75, 3.05) is 11.5 Å². The van der Waals surface area contributed by atoms with Crippen LogP contribution >= 0.6 is 15.9 Å². The highest BCUT2D eigenvalue weighted by molar-refractivity contribution is 9.10. The number of ether oxygens (including phenoxy) is 2. The molecule has 3 rings (SSSR count). The summed E-state index contributed by atoms with van der Waals surface area (Å²) in [5, 5.41) is 2.14.